The first kappa shape index (κ1) is 14.0. The van der Waals surface area contributed by atoms with Crippen molar-refractivity contribution in [1.82, 2.24) is 4.90 Å². The van der Waals surface area contributed by atoms with Crippen LogP contribution in [0.15, 0.2) is 18.2 Å². The molecule has 0 aromatic heterocycles. The molecule has 0 saturated carbocycles. The minimum absolute atomic E-state index is 0.211. The number of nitrogens with zero attached hydrogens (tertiary/aromatic N) is 1. The molecule has 1 aliphatic heterocycles. The van der Waals surface area contributed by atoms with Gasteiger partial charge < -0.3 is 9.84 Å². The normalized spacial score (nSPS) is 20.3. The van der Waals surface area contributed by atoms with Crippen LogP contribution < -0.4 is 0 Å². The Balaban J connectivity index is 2.06. The fraction of sp³-hybridized carbons (Fsp3) is 0.500. The first-order valence-electron chi connectivity index (χ1n) is 6.37. The maximum absolute atomic E-state index is 13.9. The molecule has 4 nitrogen and oxygen atoms in total. The van der Waals surface area contributed by atoms with E-state index in [4.69, 9.17) is 0 Å². The highest BCUT2D eigenvalue weighted by molar-refractivity contribution is 5.89. The van der Waals surface area contributed by atoms with E-state index in [1.54, 1.807) is 12.1 Å². The van der Waals surface area contributed by atoms with Crippen molar-refractivity contribution in [2.24, 2.45) is 0 Å². The predicted molar refractivity (Wildman–Crippen MR) is 68.3 cm³/mol. The van der Waals surface area contributed by atoms with Gasteiger partial charge in [-0.3, -0.25) is 4.90 Å². The average molecular weight is 267 g/mol. The summed E-state index contributed by atoms with van der Waals surface area (Å²) in [5.74, 6) is -0.957. The molecule has 1 aromatic carbocycles. The number of halogens is 1. The third-order valence-electron chi connectivity index (χ3n) is 3.35. The van der Waals surface area contributed by atoms with Gasteiger partial charge in [0.1, 0.15) is 5.82 Å². The fourth-order valence-electron chi connectivity index (χ4n) is 2.34. The molecule has 2 rings (SSSR count). The molecule has 1 fully saturated rings. The van der Waals surface area contributed by atoms with Gasteiger partial charge in [-0.15, -0.1) is 0 Å². The number of aliphatic hydroxyl groups excluding tert-OH is 1. The number of carbonyl (C=O) groups excluding carboxylic acids is 1. The van der Waals surface area contributed by atoms with E-state index >= 15 is 0 Å². The highest BCUT2D eigenvalue weighted by atomic mass is 19.1. The van der Waals surface area contributed by atoms with E-state index in [0.29, 0.717) is 18.7 Å². The van der Waals surface area contributed by atoms with Crippen molar-refractivity contribution in [3.05, 3.63) is 35.1 Å². The number of likely N-dealkylation sites (tertiary alicyclic amines) is 1. The molecular formula is C14H18FNO3. The number of piperidine rings is 1. The van der Waals surface area contributed by atoms with Crippen molar-refractivity contribution in [3.8, 4) is 0 Å². The van der Waals surface area contributed by atoms with Gasteiger partial charge in [0, 0.05) is 18.7 Å². The summed E-state index contributed by atoms with van der Waals surface area (Å²) in [7, 11) is 1.27. The Kier molecular flexibility index (Phi) is 4.50. The topological polar surface area (TPSA) is 49.8 Å². The molecule has 1 atom stereocenters. The van der Waals surface area contributed by atoms with Crippen LogP contribution in [-0.4, -0.2) is 42.3 Å². The third-order valence-corrected chi connectivity index (χ3v) is 3.35. The molecule has 0 bridgehead atoms. The first-order valence-corrected chi connectivity index (χ1v) is 6.37. The summed E-state index contributed by atoms with van der Waals surface area (Å²) in [6.07, 6.45) is 1.40. The van der Waals surface area contributed by atoms with Gasteiger partial charge in [0.15, 0.2) is 0 Å². The van der Waals surface area contributed by atoms with Gasteiger partial charge in [-0.05, 0) is 31.5 Å². The molecule has 0 radical (unpaired) electrons. The van der Waals surface area contributed by atoms with Crippen LogP contribution in [0.5, 0.6) is 0 Å². The Hall–Kier alpha value is -1.46. The Morgan fingerprint density at radius 2 is 2.37 bits per heavy atom. The van der Waals surface area contributed by atoms with Gasteiger partial charge in [0.2, 0.25) is 0 Å². The van der Waals surface area contributed by atoms with Crippen molar-refractivity contribution in [2.45, 2.75) is 25.5 Å². The van der Waals surface area contributed by atoms with Crippen molar-refractivity contribution in [1.29, 1.82) is 0 Å². The molecule has 19 heavy (non-hydrogen) atoms. The molecule has 0 aliphatic carbocycles. The molecule has 1 heterocycles. The average Bonchev–Trinajstić information content (AvgIpc) is 2.40. The second-order valence-corrected chi connectivity index (χ2v) is 4.83. The number of rotatable bonds is 3. The van der Waals surface area contributed by atoms with E-state index in [0.717, 1.165) is 19.4 Å². The maximum Gasteiger partial charge on any atom is 0.337 e. The zero-order valence-corrected chi connectivity index (χ0v) is 10.9. The van der Waals surface area contributed by atoms with Crippen molar-refractivity contribution in [2.75, 3.05) is 20.2 Å². The molecule has 104 valence electrons. The Morgan fingerprint density at radius 3 is 3.00 bits per heavy atom. The number of carbonyl (C=O) groups is 1. The molecule has 0 amide bonds. The first-order chi connectivity index (χ1) is 9.10. The van der Waals surface area contributed by atoms with Gasteiger partial charge >= 0.3 is 5.97 Å². The predicted octanol–water partition coefficient (Wildman–Crippen LogP) is 1.57. The Labute approximate surface area is 111 Å². The summed E-state index contributed by atoms with van der Waals surface area (Å²) in [5.41, 5.74) is 0.740. The van der Waals surface area contributed by atoms with Crippen LogP contribution in [0, 0.1) is 5.82 Å². The zero-order valence-electron chi connectivity index (χ0n) is 10.9. The minimum atomic E-state index is -0.543. The minimum Gasteiger partial charge on any atom is -0.465 e. The highest BCUT2D eigenvalue weighted by Gasteiger charge is 2.19. The molecule has 5 heteroatoms. The number of β-amino-alcohol motifs (C(OH)–C–C–N with tert-alkyl or cyclic N) is 1. The van der Waals surface area contributed by atoms with Gasteiger partial charge in [-0.25, -0.2) is 9.18 Å². The summed E-state index contributed by atoms with van der Waals surface area (Å²) < 4.78 is 18.4. The number of methoxy groups -OCH3 is 1. The lowest BCUT2D eigenvalue weighted by molar-refractivity contribution is 0.0600. The SMILES string of the molecule is COC(=O)c1ccc(CN2CCCC(O)C2)c(F)c1. The Morgan fingerprint density at radius 1 is 1.58 bits per heavy atom. The second kappa shape index (κ2) is 6.12. The molecule has 1 N–H and O–H groups in total. The fourth-order valence-corrected chi connectivity index (χ4v) is 2.34. The molecule has 0 spiro atoms. The lowest BCUT2D eigenvalue weighted by Gasteiger charge is -2.30. The number of esters is 1. The summed E-state index contributed by atoms with van der Waals surface area (Å²) >= 11 is 0. The molecular weight excluding hydrogens is 249 g/mol. The molecule has 1 aromatic rings. The number of hydrogen-bond acceptors (Lipinski definition) is 4. The number of benzene rings is 1. The van der Waals surface area contributed by atoms with Gasteiger partial charge in [0.05, 0.1) is 18.8 Å². The van der Waals surface area contributed by atoms with Gasteiger partial charge in [-0.1, -0.05) is 6.07 Å². The van der Waals surface area contributed by atoms with Crippen molar-refractivity contribution in [3.63, 3.8) is 0 Å². The molecule has 1 saturated heterocycles. The van der Waals surface area contributed by atoms with E-state index < -0.39 is 11.8 Å². The maximum atomic E-state index is 13.9. The van der Waals surface area contributed by atoms with E-state index in [1.165, 1.54) is 13.2 Å². The summed E-state index contributed by atoms with van der Waals surface area (Å²) in [4.78, 5) is 13.3. The summed E-state index contributed by atoms with van der Waals surface area (Å²) in [6.45, 7) is 1.87. The monoisotopic (exact) mass is 267 g/mol. The summed E-state index contributed by atoms with van der Waals surface area (Å²) in [6, 6.07) is 4.36. The van der Waals surface area contributed by atoms with Crippen LogP contribution >= 0.6 is 0 Å². The lowest BCUT2D eigenvalue weighted by Crippen LogP contribution is -2.37. The van der Waals surface area contributed by atoms with Gasteiger partial charge in [-0.2, -0.15) is 0 Å². The second-order valence-electron chi connectivity index (χ2n) is 4.83. The van der Waals surface area contributed by atoms with E-state index in [-0.39, 0.29) is 11.7 Å². The summed E-state index contributed by atoms with van der Waals surface area (Å²) in [5, 5.41) is 9.58. The van der Waals surface area contributed by atoms with Crippen molar-refractivity contribution < 1.29 is 19.0 Å². The van der Waals surface area contributed by atoms with Crippen LogP contribution in [0.3, 0.4) is 0 Å². The highest BCUT2D eigenvalue weighted by Crippen LogP contribution is 2.17. The van der Waals surface area contributed by atoms with Crippen molar-refractivity contribution >= 4 is 5.97 Å². The van der Waals surface area contributed by atoms with Crippen LogP contribution in [0.2, 0.25) is 0 Å². The van der Waals surface area contributed by atoms with E-state index in [2.05, 4.69) is 4.74 Å². The van der Waals surface area contributed by atoms with Crippen LogP contribution in [0.25, 0.3) is 0 Å². The third kappa shape index (κ3) is 3.52. The Bertz CT molecular complexity index is 464. The van der Waals surface area contributed by atoms with Crippen LogP contribution in [0.4, 0.5) is 4.39 Å². The molecule has 1 aliphatic rings. The number of hydrogen-bond donors (Lipinski definition) is 1. The number of ether oxygens (including phenoxy) is 1. The number of aliphatic hydroxyl groups is 1. The standard InChI is InChI=1S/C14H18FNO3/c1-19-14(18)10-4-5-11(13(15)7-10)8-16-6-2-3-12(17)9-16/h4-5,7,12,17H,2-3,6,8-9H2,1H3. The largest absolute Gasteiger partial charge is 0.465 e. The zero-order chi connectivity index (χ0) is 13.8. The van der Waals surface area contributed by atoms with Crippen LogP contribution in [-0.2, 0) is 11.3 Å². The van der Waals surface area contributed by atoms with Gasteiger partial charge in [0.25, 0.3) is 0 Å². The van der Waals surface area contributed by atoms with E-state index in [9.17, 15) is 14.3 Å². The smallest absolute Gasteiger partial charge is 0.337 e. The lowest BCUT2D eigenvalue weighted by atomic mass is 10.1. The quantitative estimate of drug-likeness (QED) is 0.845. The van der Waals surface area contributed by atoms with E-state index in [1.807, 2.05) is 4.90 Å². The van der Waals surface area contributed by atoms with Crippen LogP contribution in [0.1, 0.15) is 28.8 Å². The molecule has 1 unspecified atom stereocenters.